The molecular weight excluding hydrogens is 288 g/mol. The van der Waals surface area contributed by atoms with Crippen LogP contribution in [0, 0.1) is 5.82 Å². The number of hydrogen-bond acceptors (Lipinski definition) is 2. The summed E-state index contributed by atoms with van der Waals surface area (Å²) in [7, 11) is 0. The van der Waals surface area contributed by atoms with Gasteiger partial charge in [-0.3, -0.25) is 0 Å². The van der Waals surface area contributed by atoms with Crippen molar-refractivity contribution in [1.29, 1.82) is 0 Å². The predicted molar refractivity (Wildman–Crippen MR) is 68.1 cm³/mol. The van der Waals surface area contributed by atoms with E-state index in [1.54, 1.807) is 0 Å². The van der Waals surface area contributed by atoms with Crippen LogP contribution in [-0.2, 0) is 19.4 Å². The number of hydrogen-bond donors (Lipinski definition) is 1. The van der Waals surface area contributed by atoms with Crippen molar-refractivity contribution in [3.63, 3.8) is 0 Å². The lowest BCUT2D eigenvalue weighted by Crippen LogP contribution is -2.05. The third kappa shape index (κ3) is 4.19. The Kier molecular flexibility index (Phi) is 4.47. The van der Waals surface area contributed by atoms with Crippen molar-refractivity contribution in [3.05, 3.63) is 65.0 Å². The smallest absolute Gasteiger partial charge is 0.416 e. The van der Waals surface area contributed by atoms with Crippen LogP contribution in [0.5, 0.6) is 5.75 Å². The maximum atomic E-state index is 13.2. The number of halogens is 4. The van der Waals surface area contributed by atoms with Crippen LogP contribution in [0.1, 0.15) is 16.7 Å². The molecular formula is C15H12F4O2. The van der Waals surface area contributed by atoms with E-state index in [2.05, 4.69) is 0 Å². The van der Waals surface area contributed by atoms with E-state index in [1.165, 1.54) is 24.3 Å². The Hall–Kier alpha value is -2.08. The quantitative estimate of drug-likeness (QED) is 0.867. The summed E-state index contributed by atoms with van der Waals surface area (Å²) in [6.07, 6.45) is -4.38. The Morgan fingerprint density at radius 3 is 2.19 bits per heavy atom. The molecule has 0 heterocycles. The second kappa shape index (κ2) is 6.13. The van der Waals surface area contributed by atoms with Gasteiger partial charge in [0.2, 0.25) is 0 Å². The fourth-order valence-corrected chi connectivity index (χ4v) is 1.75. The first-order valence-corrected chi connectivity index (χ1v) is 6.08. The highest BCUT2D eigenvalue weighted by atomic mass is 19.4. The SMILES string of the molecule is OCc1cc(F)cc(OCc2ccc(C(F)(F)F)cc2)c1. The number of alkyl halides is 3. The summed E-state index contributed by atoms with van der Waals surface area (Å²) >= 11 is 0. The van der Waals surface area contributed by atoms with Crippen molar-refractivity contribution in [2.24, 2.45) is 0 Å². The Morgan fingerprint density at radius 1 is 0.952 bits per heavy atom. The molecule has 0 saturated heterocycles. The van der Waals surface area contributed by atoms with Gasteiger partial charge in [0.05, 0.1) is 12.2 Å². The van der Waals surface area contributed by atoms with Gasteiger partial charge in [0.1, 0.15) is 18.2 Å². The van der Waals surface area contributed by atoms with E-state index in [4.69, 9.17) is 9.84 Å². The Morgan fingerprint density at radius 2 is 1.62 bits per heavy atom. The van der Waals surface area contributed by atoms with E-state index in [0.29, 0.717) is 11.1 Å². The number of benzene rings is 2. The molecule has 21 heavy (non-hydrogen) atoms. The molecule has 2 aromatic rings. The minimum Gasteiger partial charge on any atom is -0.489 e. The third-order valence-corrected chi connectivity index (χ3v) is 2.80. The highest BCUT2D eigenvalue weighted by Crippen LogP contribution is 2.29. The van der Waals surface area contributed by atoms with Gasteiger partial charge >= 0.3 is 6.18 Å². The van der Waals surface area contributed by atoms with Crippen LogP contribution in [0.2, 0.25) is 0 Å². The van der Waals surface area contributed by atoms with Gasteiger partial charge in [-0.2, -0.15) is 13.2 Å². The van der Waals surface area contributed by atoms with Gasteiger partial charge in [0, 0.05) is 6.07 Å². The lowest BCUT2D eigenvalue weighted by molar-refractivity contribution is -0.137. The molecule has 2 aromatic carbocycles. The Labute approximate surface area is 118 Å². The zero-order chi connectivity index (χ0) is 15.5. The minimum atomic E-state index is -4.38. The molecule has 0 aliphatic heterocycles. The Bertz CT molecular complexity index is 606. The van der Waals surface area contributed by atoms with Gasteiger partial charge in [0.25, 0.3) is 0 Å². The fourth-order valence-electron chi connectivity index (χ4n) is 1.75. The Balaban J connectivity index is 2.05. The molecule has 0 aliphatic rings. The van der Waals surface area contributed by atoms with Gasteiger partial charge in [-0.05, 0) is 35.4 Å². The van der Waals surface area contributed by atoms with Crippen molar-refractivity contribution >= 4 is 0 Å². The minimum absolute atomic E-state index is 0.00641. The van der Waals surface area contributed by atoms with Crippen molar-refractivity contribution in [2.45, 2.75) is 19.4 Å². The highest BCUT2D eigenvalue weighted by Gasteiger charge is 2.29. The van der Waals surface area contributed by atoms with Crippen LogP contribution in [0.15, 0.2) is 42.5 Å². The summed E-state index contributed by atoms with van der Waals surface area (Å²) < 4.78 is 55.7. The van der Waals surface area contributed by atoms with E-state index in [0.717, 1.165) is 18.2 Å². The van der Waals surface area contributed by atoms with Gasteiger partial charge in [0.15, 0.2) is 0 Å². The second-order valence-electron chi connectivity index (χ2n) is 4.44. The number of ether oxygens (including phenoxy) is 1. The molecule has 0 bridgehead atoms. The molecule has 0 aromatic heterocycles. The monoisotopic (exact) mass is 300 g/mol. The summed E-state index contributed by atoms with van der Waals surface area (Å²) in [6.45, 7) is -0.319. The largest absolute Gasteiger partial charge is 0.489 e. The van der Waals surface area contributed by atoms with E-state index in [1.807, 2.05) is 0 Å². The predicted octanol–water partition coefficient (Wildman–Crippen LogP) is 3.92. The van der Waals surface area contributed by atoms with Gasteiger partial charge < -0.3 is 9.84 Å². The summed E-state index contributed by atoms with van der Waals surface area (Å²) in [5.41, 5.74) is 0.148. The zero-order valence-corrected chi connectivity index (χ0v) is 10.8. The van der Waals surface area contributed by atoms with Crippen LogP contribution in [0.25, 0.3) is 0 Å². The van der Waals surface area contributed by atoms with E-state index >= 15 is 0 Å². The maximum Gasteiger partial charge on any atom is 0.416 e. The fraction of sp³-hybridized carbons (Fsp3) is 0.200. The molecule has 0 atom stereocenters. The molecule has 0 saturated carbocycles. The van der Waals surface area contributed by atoms with Crippen LogP contribution in [0.4, 0.5) is 17.6 Å². The molecule has 0 unspecified atom stereocenters. The number of aliphatic hydroxyl groups excluding tert-OH is 1. The lowest BCUT2D eigenvalue weighted by Gasteiger charge is -2.10. The first kappa shape index (κ1) is 15.3. The van der Waals surface area contributed by atoms with Crippen molar-refractivity contribution in [1.82, 2.24) is 0 Å². The molecule has 0 aliphatic carbocycles. The first-order valence-electron chi connectivity index (χ1n) is 6.08. The van der Waals surface area contributed by atoms with Crippen LogP contribution in [0.3, 0.4) is 0 Å². The normalized spacial score (nSPS) is 11.5. The van der Waals surface area contributed by atoms with E-state index < -0.39 is 17.6 Å². The van der Waals surface area contributed by atoms with Crippen molar-refractivity contribution in [3.8, 4) is 5.75 Å². The molecule has 0 spiro atoms. The molecule has 6 heteroatoms. The lowest BCUT2D eigenvalue weighted by atomic mass is 10.1. The molecule has 0 fully saturated rings. The van der Waals surface area contributed by atoms with Crippen LogP contribution in [-0.4, -0.2) is 5.11 Å². The summed E-state index contributed by atoms with van der Waals surface area (Å²) in [5, 5.41) is 8.95. The standard InChI is InChI=1S/C15H12F4O2/c16-13-5-11(8-20)6-14(7-13)21-9-10-1-3-12(4-2-10)15(17,18)19/h1-7,20H,8-9H2. The summed E-state index contributed by atoms with van der Waals surface area (Å²) in [5.74, 6) is -0.345. The van der Waals surface area contributed by atoms with Crippen LogP contribution >= 0.6 is 0 Å². The average Bonchev–Trinajstić information content (AvgIpc) is 2.44. The molecule has 1 N–H and O–H groups in total. The molecule has 2 nitrogen and oxygen atoms in total. The topological polar surface area (TPSA) is 29.5 Å². The molecule has 2 rings (SSSR count). The number of rotatable bonds is 4. The average molecular weight is 300 g/mol. The van der Waals surface area contributed by atoms with Gasteiger partial charge in [-0.15, -0.1) is 0 Å². The molecule has 0 radical (unpaired) electrons. The first-order chi connectivity index (χ1) is 9.88. The zero-order valence-electron chi connectivity index (χ0n) is 10.8. The van der Waals surface area contributed by atoms with Gasteiger partial charge in [-0.1, -0.05) is 12.1 Å². The summed E-state index contributed by atoms with van der Waals surface area (Å²) in [4.78, 5) is 0. The van der Waals surface area contributed by atoms with Crippen LogP contribution < -0.4 is 4.74 Å². The van der Waals surface area contributed by atoms with E-state index in [9.17, 15) is 17.6 Å². The van der Waals surface area contributed by atoms with E-state index in [-0.39, 0.29) is 19.0 Å². The number of aliphatic hydroxyl groups is 1. The van der Waals surface area contributed by atoms with Crippen molar-refractivity contribution < 1.29 is 27.4 Å². The third-order valence-electron chi connectivity index (χ3n) is 2.80. The second-order valence-corrected chi connectivity index (χ2v) is 4.44. The highest BCUT2D eigenvalue weighted by molar-refractivity contribution is 5.30. The van der Waals surface area contributed by atoms with Crippen molar-refractivity contribution in [2.75, 3.05) is 0 Å². The maximum absolute atomic E-state index is 13.2. The van der Waals surface area contributed by atoms with Gasteiger partial charge in [-0.25, -0.2) is 4.39 Å². The summed E-state index contributed by atoms with van der Waals surface area (Å²) in [6, 6.07) is 8.30. The molecule has 112 valence electrons. The molecule has 0 amide bonds.